The van der Waals surface area contributed by atoms with Crippen molar-refractivity contribution in [3.8, 4) is 0 Å². The van der Waals surface area contributed by atoms with Crippen molar-refractivity contribution in [1.29, 1.82) is 0 Å². The summed E-state index contributed by atoms with van der Waals surface area (Å²) < 4.78 is 0. The number of carbonyl (C=O) groups excluding carboxylic acids is 1. The number of benzene rings is 1. The molecule has 1 atom stereocenters. The molecule has 0 spiro atoms. The second-order valence-electron chi connectivity index (χ2n) is 7.21. The molecule has 1 saturated carbocycles. The summed E-state index contributed by atoms with van der Waals surface area (Å²) in [6.45, 7) is 8.30. The second-order valence-corrected chi connectivity index (χ2v) is 7.65. The summed E-state index contributed by atoms with van der Waals surface area (Å²) >= 11 is 6.22. The van der Waals surface area contributed by atoms with E-state index in [9.17, 15) is 4.79 Å². The van der Waals surface area contributed by atoms with Crippen LogP contribution in [-0.2, 0) is 10.2 Å². The number of carbonyl (C=O) groups is 1. The summed E-state index contributed by atoms with van der Waals surface area (Å²) in [5.41, 5.74) is 0.770. The van der Waals surface area contributed by atoms with E-state index in [1.165, 1.54) is 0 Å². The number of rotatable bonds is 5. The minimum atomic E-state index is -0.344. The molecule has 4 heteroatoms. The Labute approximate surface area is 151 Å². The number of likely N-dealkylation sites (N-methyl/N-ethyl adjacent to an activating group) is 1. The molecule has 1 heterocycles. The molecule has 1 aliphatic heterocycles. The highest BCUT2D eigenvalue weighted by Gasteiger charge is 2.46. The summed E-state index contributed by atoms with van der Waals surface area (Å²) in [7, 11) is 0. The van der Waals surface area contributed by atoms with Gasteiger partial charge < -0.3 is 4.90 Å². The van der Waals surface area contributed by atoms with Gasteiger partial charge in [0.15, 0.2) is 0 Å². The van der Waals surface area contributed by atoms with Gasteiger partial charge in [-0.1, -0.05) is 50.4 Å². The van der Waals surface area contributed by atoms with Gasteiger partial charge in [-0.3, -0.25) is 9.69 Å². The number of hydrogen-bond donors (Lipinski definition) is 0. The van der Waals surface area contributed by atoms with Crippen molar-refractivity contribution in [1.82, 2.24) is 9.80 Å². The largest absolute Gasteiger partial charge is 0.340 e. The van der Waals surface area contributed by atoms with Gasteiger partial charge in [0, 0.05) is 24.2 Å². The lowest BCUT2D eigenvalue weighted by molar-refractivity contribution is -0.136. The van der Waals surface area contributed by atoms with Gasteiger partial charge >= 0.3 is 0 Å². The Morgan fingerprint density at radius 2 is 2.00 bits per heavy atom. The van der Waals surface area contributed by atoms with Crippen molar-refractivity contribution in [2.75, 3.05) is 26.2 Å². The smallest absolute Gasteiger partial charge is 0.233 e. The minimum absolute atomic E-state index is 0.330. The molecule has 1 aromatic carbocycles. The fourth-order valence-corrected chi connectivity index (χ4v) is 4.85. The first-order valence-electron chi connectivity index (χ1n) is 9.40. The topological polar surface area (TPSA) is 23.6 Å². The summed E-state index contributed by atoms with van der Waals surface area (Å²) in [4.78, 5) is 18.1. The Morgan fingerprint density at radius 1 is 1.29 bits per heavy atom. The van der Waals surface area contributed by atoms with Crippen LogP contribution in [0.1, 0.15) is 51.5 Å². The molecule has 0 radical (unpaired) electrons. The Balaban J connectivity index is 1.81. The van der Waals surface area contributed by atoms with Crippen LogP contribution in [0.15, 0.2) is 24.3 Å². The van der Waals surface area contributed by atoms with Crippen LogP contribution >= 0.6 is 11.6 Å². The first-order valence-corrected chi connectivity index (χ1v) is 9.78. The molecule has 24 heavy (non-hydrogen) atoms. The van der Waals surface area contributed by atoms with E-state index in [1.54, 1.807) is 0 Å². The number of amides is 1. The van der Waals surface area contributed by atoms with Crippen molar-refractivity contribution in [3.63, 3.8) is 0 Å². The highest BCUT2D eigenvalue weighted by atomic mass is 35.5. The van der Waals surface area contributed by atoms with Crippen LogP contribution in [0.5, 0.6) is 0 Å². The maximum atomic E-state index is 13.5. The van der Waals surface area contributed by atoms with Gasteiger partial charge in [-0.2, -0.15) is 0 Å². The predicted octanol–water partition coefficient (Wildman–Crippen LogP) is 4.09. The van der Waals surface area contributed by atoms with E-state index >= 15 is 0 Å². The van der Waals surface area contributed by atoms with Gasteiger partial charge in [0.05, 0.1) is 5.41 Å². The van der Waals surface area contributed by atoms with Crippen LogP contribution in [0.2, 0.25) is 5.02 Å². The van der Waals surface area contributed by atoms with Crippen molar-refractivity contribution in [3.05, 3.63) is 34.9 Å². The number of likely N-dealkylation sites (tertiary alicyclic amines) is 1. The third kappa shape index (κ3) is 3.21. The van der Waals surface area contributed by atoms with Crippen LogP contribution in [0.25, 0.3) is 0 Å². The summed E-state index contributed by atoms with van der Waals surface area (Å²) in [6, 6.07) is 8.48. The summed E-state index contributed by atoms with van der Waals surface area (Å²) in [6.07, 6.45) is 5.27. The van der Waals surface area contributed by atoms with E-state index in [1.807, 2.05) is 18.2 Å². The highest BCUT2D eigenvalue weighted by molar-refractivity contribution is 6.30. The van der Waals surface area contributed by atoms with Crippen LogP contribution < -0.4 is 0 Å². The fourth-order valence-electron chi connectivity index (χ4n) is 4.66. The van der Waals surface area contributed by atoms with Crippen molar-refractivity contribution >= 4 is 17.5 Å². The molecule has 1 saturated heterocycles. The molecule has 3 nitrogen and oxygen atoms in total. The van der Waals surface area contributed by atoms with E-state index in [2.05, 4.69) is 29.7 Å². The lowest BCUT2D eigenvalue weighted by Crippen LogP contribution is -2.46. The first-order chi connectivity index (χ1) is 11.6. The normalized spacial score (nSPS) is 23.2. The van der Waals surface area contributed by atoms with Crippen molar-refractivity contribution in [2.45, 2.75) is 57.4 Å². The van der Waals surface area contributed by atoms with Gasteiger partial charge in [-0.05, 0) is 50.0 Å². The Morgan fingerprint density at radius 3 is 2.62 bits per heavy atom. The Kier molecular flexibility index (Phi) is 5.51. The maximum Gasteiger partial charge on any atom is 0.233 e. The van der Waals surface area contributed by atoms with Crippen LogP contribution in [0.3, 0.4) is 0 Å². The van der Waals surface area contributed by atoms with Crippen molar-refractivity contribution in [2.24, 2.45) is 0 Å². The highest BCUT2D eigenvalue weighted by Crippen LogP contribution is 2.43. The lowest BCUT2D eigenvalue weighted by Gasteiger charge is -2.34. The van der Waals surface area contributed by atoms with Gasteiger partial charge in [0.2, 0.25) is 5.91 Å². The van der Waals surface area contributed by atoms with E-state index in [-0.39, 0.29) is 5.41 Å². The number of hydrogen-bond acceptors (Lipinski definition) is 2. The third-order valence-electron chi connectivity index (χ3n) is 6.02. The monoisotopic (exact) mass is 348 g/mol. The molecule has 1 aliphatic carbocycles. The Bertz CT molecular complexity index is 579. The Hall–Kier alpha value is -1.06. The quantitative estimate of drug-likeness (QED) is 0.800. The summed E-state index contributed by atoms with van der Waals surface area (Å²) in [5.74, 6) is 0.330. The average molecular weight is 349 g/mol. The lowest BCUT2D eigenvalue weighted by atomic mass is 9.77. The third-order valence-corrected chi connectivity index (χ3v) is 6.26. The maximum absolute atomic E-state index is 13.5. The standard InChI is InChI=1S/C20H29ClN2O/c1-3-22(4-2)18-10-13-23(15-18)19(24)20(11-5-6-12-20)16-8-7-9-17(21)14-16/h7-9,14,18H,3-6,10-13,15H2,1-2H3. The predicted molar refractivity (Wildman–Crippen MR) is 99.5 cm³/mol. The van der Waals surface area contributed by atoms with Crippen LogP contribution in [0.4, 0.5) is 0 Å². The fraction of sp³-hybridized carbons (Fsp3) is 0.650. The molecule has 0 N–H and O–H groups in total. The van der Waals surface area contributed by atoms with Crippen molar-refractivity contribution < 1.29 is 4.79 Å². The molecular weight excluding hydrogens is 320 g/mol. The molecule has 1 amide bonds. The molecule has 132 valence electrons. The first kappa shape index (κ1) is 17.8. The molecule has 1 unspecified atom stereocenters. The molecular formula is C20H29ClN2O. The zero-order valence-electron chi connectivity index (χ0n) is 14.9. The van der Waals surface area contributed by atoms with E-state index in [0.29, 0.717) is 11.9 Å². The van der Waals surface area contributed by atoms with E-state index in [0.717, 1.165) is 68.9 Å². The van der Waals surface area contributed by atoms with Gasteiger partial charge in [-0.15, -0.1) is 0 Å². The van der Waals surface area contributed by atoms with Gasteiger partial charge in [-0.25, -0.2) is 0 Å². The molecule has 0 aromatic heterocycles. The van der Waals surface area contributed by atoms with E-state index in [4.69, 9.17) is 11.6 Å². The minimum Gasteiger partial charge on any atom is -0.340 e. The zero-order valence-corrected chi connectivity index (χ0v) is 15.7. The van der Waals surface area contributed by atoms with Gasteiger partial charge in [0.1, 0.15) is 0 Å². The SMILES string of the molecule is CCN(CC)C1CCN(C(=O)C2(c3cccc(Cl)c3)CCCC2)C1. The van der Waals surface area contributed by atoms with E-state index < -0.39 is 0 Å². The van der Waals surface area contributed by atoms with Crippen LogP contribution in [-0.4, -0.2) is 47.9 Å². The number of halogens is 1. The zero-order chi connectivity index (χ0) is 17.2. The molecule has 0 bridgehead atoms. The molecule has 2 fully saturated rings. The average Bonchev–Trinajstić information content (AvgIpc) is 3.26. The van der Waals surface area contributed by atoms with Crippen LogP contribution in [0, 0.1) is 0 Å². The van der Waals surface area contributed by atoms with Gasteiger partial charge in [0.25, 0.3) is 0 Å². The molecule has 2 aliphatic rings. The second kappa shape index (κ2) is 7.45. The number of nitrogens with zero attached hydrogens (tertiary/aromatic N) is 2. The molecule has 1 aromatic rings. The summed E-state index contributed by atoms with van der Waals surface area (Å²) in [5, 5.41) is 0.731. The molecule has 3 rings (SSSR count).